The standard InChI is InChI=1S/2ClH.3Mg.2H2O4S/c;;;;;2*1-5(2,3)4/h2*1H;;;;2*(H2,1,2,3,4)/q;;3*+2;;/p-6. The van der Waals surface area contributed by atoms with Crippen molar-refractivity contribution in [2.75, 3.05) is 0 Å². The van der Waals surface area contributed by atoms with Crippen LogP contribution in [0.15, 0.2) is 0 Å². The molecule has 0 aliphatic carbocycles. The first-order valence-electron chi connectivity index (χ1n) is 1.33. The van der Waals surface area contributed by atoms with E-state index in [1.54, 1.807) is 0 Å². The first-order valence-corrected chi connectivity index (χ1v) is 4.00. The third kappa shape index (κ3) is 518. The summed E-state index contributed by atoms with van der Waals surface area (Å²) in [5.41, 5.74) is 0. The first kappa shape index (κ1) is 43.2. The summed E-state index contributed by atoms with van der Waals surface area (Å²) < 4.78 is 68.2. The Morgan fingerprint density at radius 1 is 0.533 bits per heavy atom. The van der Waals surface area contributed by atoms with Gasteiger partial charge in [-0.2, -0.15) is 0 Å². The molecule has 0 rings (SSSR count). The van der Waals surface area contributed by atoms with E-state index in [0.29, 0.717) is 0 Å². The van der Waals surface area contributed by atoms with Crippen LogP contribution in [0.3, 0.4) is 0 Å². The van der Waals surface area contributed by atoms with Gasteiger partial charge in [0.2, 0.25) is 0 Å². The van der Waals surface area contributed by atoms with Gasteiger partial charge in [-0.1, -0.05) is 0 Å². The van der Waals surface area contributed by atoms with Gasteiger partial charge in [-0.05, 0) is 0 Å². The summed E-state index contributed by atoms with van der Waals surface area (Å²) in [6.45, 7) is 0. The minimum atomic E-state index is -5.17. The van der Waals surface area contributed by atoms with Crippen molar-refractivity contribution in [3.63, 3.8) is 0 Å². The Hall–Kier alpha value is 2.62. The molecule has 15 heteroatoms. The maximum Gasteiger partial charge on any atom is 2.00 e. The Bertz CT molecular complexity index is 222. The molecule has 15 heavy (non-hydrogen) atoms. The maximum absolute atomic E-state index is 8.52. The quantitative estimate of drug-likeness (QED) is 0.239. The molecule has 0 aromatic carbocycles. The van der Waals surface area contributed by atoms with E-state index in [0.717, 1.165) is 0 Å². The summed E-state index contributed by atoms with van der Waals surface area (Å²) in [7, 11) is -10.3. The molecule has 80 valence electrons. The van der Waals surface area contributed by atoms with Gasteiger partial charge in [0.05, 0.1) is 0 Å². The molecule has 0 spiro atoms. The normalized spacial score (nSPS) is 7.73. The number of hydrogen-bond donors (Lipinski definition) is 0. The molecule has 8 nitrogen and oxygen atoms in total. The monoisotopic (exact) mass is 334 g/mol. The van der Waals surface area contributed by atoms with Gasteiger partial charge in [-0.25, -0.2) is 0 Å². The van der Waals surface area contributed by atoms with Crippen LogP contribution >= 0.6 is 0 Å². The van der Waals surface area contributed by atoms with Gasteiger partial charge >= 0.3 is 69.2 Å². The van der Waals surface area contributed by atoms with Crippen LogP contribution in [-0.4, -0.2) is 104 Å². The molecular formula is Cl2Mg3O8S2. The molecule has 0 aliphatic heterocycles. The zero-order valence-corrected chi connectivity index (χ0v) is 14.3. The molecule has 0 fully saturated rings. The van der Waals surface area contributed by atoms with Gasteiger partial charge in [0.25, 0.3) is 0 Å². The largest absolute Gasteiger partial charge is 2.00 e. The fourth-order valence-corrected chi connectivity index (χ4v) is 0. The van der Waals surface area contributed by atoms with Gasteiger partial charge in [-0.15, -0.1) is 0 Å². The van der Waals surface area contributed by atoms with Crippen LogP contribution in [0.4, 0.5) is 0 Å². The minimum Gasteiger partial charge on any atom is -1.00 e. The summed E-state index contributed by atoms with van der Waals surface area (Å²) in [4.78, 5) is 0. The molecule has 0 aliphatic rings. The molecule has 0 radical (unpaired) electrons. The van der Waals surface area contributed by atoms with Crippen molar-refractivity contribution in [2.45, 2.75) is 0 Å². The molecular weight excluding hydrogens is 336 g/mol. The van der Waals surface area contributed by atoms with Crippen LogP contribution in [0.25, 0.3) is 0 Å². The Labute approximate surface area is 148 Å². The van der Waals surface area contributed by atoms with Crippen molar-refractivity contribution in [3.8, 4) is 0 Å². The molecule has 0 unspecified atom stereocenters. The van der Waals surface area contributed by atoms with E-state index in [1.807, 2.05) is 0 Å². The van der Waals surface area contributed by atoms with Crippen molar-refractivity contribution in [1.29, 1.82) is 0 Å². The second-order valence-corrected chi connectivity index (χ2v) is 2.45. The van der Waals surface area contributed by atoms with Crippen molar-refractivity contribution >= 4 is 90.0 Å². The predicted molar refractivity (Wildman–Crippen MR) is 38.2 cm³/mol. The topological polar surface area (TPSA) is 161 Å². The van der Waals surface area contributed by atoms with Gasteiger partial charge in [0.1, 0.15) is 0 Å². The average molecular weight is 336 g/mol. The summed E-state index contributed by atoms with van der Waals surface area (Å²) in [6.07, 6.45) is 0. The van der Waals surface area contributed by atoms with Gasteiger partial charge in [-0.3, -0.25) is 16.8 Å². The Kier molecular flexibility index (Phi) is 54.6. The van der Waals surface area contributed by atoms with Crippen molar-refractivity contribution in [3.05, 3.63) is 0 Å². The van der Waals surface area contributed by atoms with E-state index < -0.39 is 20.8 Å². The molecule has 0 heterocycles. The van der Waals surface area contributed by atoms with E-state index in [4.69, 9.17) is 35.0 Å². The van der Waals surface area contributed by atoms with E-state index in [2.05, 4.69) is 0 Å². The third-order valence-corrected chi connectivity index (χ3v) is 0. The van der Waals surface area contributed by atoms with Crippen molar-refractivity contribution in [2.24, 2.45) is 0 Å². The number of hydrogen-bond acceptors (Lipinski definition) is 8. The van der Waals surface area contributed by atoms with E-state index in [1.165, 1.54) is 0 Å². The molecule has 0 saturated heterocycles. The SMILES string of the molecule is O=S(=O)([O-])[O-].O=S(=O)([O-])[O-].[Cl-].[Cl-].[Mg+2].[Mg+2].[Mg+2]. The van der Waals surface area contributed by atoms with Crippen LogP contribution in [0.5, 0.6) is 0 Å². The Morgan fingerprint density at radius 2 is 0.533 bits per heavy atom. The molecule has 0 saturated carbocycles. The van der Waals surface area contributed by atoms with Gasteiger partial charge < -0.3 is 43.0 Å². The first-order chi connectivity index (χ1) is 4.00. The zero-order chi connectivity index (χ0) is 9.00. The van der Waals surface area contributed by atoms with Crippen LogP contribution < -0.4 is 24.8 Å². The number of rotatable bonds is 0. The predicted octanol–water partition coefficient (Wildman–Crippen LogP) is -9.81. The fourth-order valence-electron chi connectivity index (χ4n) is 0. The second-order valence-electron chi connectivity index (χ2n) is 0.816. The molecule has 0 atom stereocenters. The maximum atomic E-state index is 8.52. The summed E-state index contributed by atoms with van der Waals surface area (Å²) >= 11 is 0. The second kappa shape index (κ2) is 19.0. The van der Waals surface area contributed by atoms with E-state index in [-0.39, 0.29) is 94.0 Å². The average Bonchev–Trinajstić information content (AvgIpc) is 1.12. The van der Waals surface area contributed by atoms with E-state index >= 15 is 0 Å². The summed E-state index contributed by atoms with van der Waals surface area (Å²) in [6, 6.07) is 0. The number of halogens is 2. The van der Waals surface area contributed by atoms with Crippen LogP contribution in [0, 0.1) is 0 Å². The van der Waals surface area contributed by atoms with Crippen molar-refractivity contribution < 1.29 is 59.9 Å². The summed E-state index contributed by atoms with van der Waals surface area (Å²) in [5, 5.41) is 0. The minimum absolute atomic E-state index is 0. The van der Waals surface area contributed by atoms with Crippen LogP contribution in [0.2, 0.25) is 0 Å². The molecule has 0 aromatic heterocycles. The van der Waals surface area contributed by atoms with Gasteiger partial charge in [0.15, 0.2) is 0 Å². The van der Waals surface area contributed by atoms with Crippen LogP contribution in [-0.2, 0) is 20.8 Å². The van der Waals surface area contributed by atoms with Crippen LogP contribution in [0.1, 0.15) is 0 Å². The van der Waals surface area contributed by atoms with Crippen molar-refractivity contribution in [1.82, 2.24) is 0 Å². The smallest absolute Gasteiger partial charge is 1.00 e. The Morgan fingerprint density at radius 3 is 0.533 bits per heavy atom. The molecule has 0 aromatic rings. The Balaban J connectivity index is -0.0000000128. The summed E-state index contributed by atoms with van der Waals surface area (Å²) in [5.74, 6) is 0. The molecule has 0 amide bonds. The fraction of sp³-hybridized carbons (Fsp3) is 0. The molecule has 0 bridgehead atoms. The van der Waals surface area contributed by atoms with E-state index in [9.17, 15) is 0 Å². The zero-order valence-electron chi connectivity index (χ0n) is 6.96. The van der Waals surface area contributed by atoms with Gasteiger partial charge in [0, 0.05) is 20.8 Å². The molecule has 0 N–H and O–H groups in total. The third-order valence-electron chi connectivity index (χ3n) is 0.